The summed E-state index contributed by atoms with van der Waals surface area (Å²) in [7, 11) is 0. The number of hydrogen-bond acceptors (Lipinski definition) is 2. The molecule has 7 heteroatoms. The average molecular weight is 400 g/mol. The van der Waals surface area contributed by atoms with Crippen LogP contribution in [0.25, 0.3) is 0 Å². The van der Waals surface area contributed by atoms with Crippen molar-refractivity contribution in [2.75, 3.05) is 6.61 Å². The summed E-state index contributed by atoms with van der Waals surface area (Å²) in [5.41, 5.74) is 0.720. The Balaban J connectivity index is 1.79. The fourth-order valence-corrected chi connectivity index (χ4v) is 4.37. The number of carbonyl (C=O) groups is 1. The number of halogens is 4. The average Bonchev–Trinajstić information content (AvgIpc) is 3.28. The van der Waals surface area contributed by atoms with Crippen LogP contribution in [0.3, 0.4) is 0 Å². The van der Waals surface area contributed by atoms with Gasteiger partial charge in [-0.3, -0.25) is 4.79 Å². The first-order valence-electron chi connectivity index (χ1n) is 9.70. The highest BCUT2D eigenvalue weighted by molar-refractivity contribution is 5.67. The topological polar surface area (TPSA) is 46.5 Å². The highest BCUT2D eigenvalue weighted by Gasteiger charge is 2.35. The molecule has 2 aliphatic carbocycles. The fraction of sp³-hybridized carbons (Fsp3) is 0.571. The molecule has 0 heterocycles. The van der Waals surface area contributed by atoms with E-state index in [1.54, 1.807) is 0 Å². The van der Waals surface area contributed by atoms with Gasteiger partial charge in [-0.2, -0.15) is 13.2 Å². The standard InChI is InChI=1S/C21H24F4O3/c22-19-11-15(10-18(21(23,24)25)17(19)8-9-20(26)27)28-12-14-6-3-7-16(14)13-4-1-2-5-13/h10-11,13H,1-9,12H2,(H,26,27). The van der Waals surface area contributed by atoms with Gasteiger partial charge in [0, 0.05) is 18.1 Å². The van der Waals surface area contributed by atoms with Gasteiger partial charge in [0.15, 0.2) is 0 Å². The third-order valence-electron chi connectivity index (χ3n) is 5.70. The van der Waals surface area contributed by atoms with Crippen molar-refractivity contribution in [2.45, 2.75) is 64.0 Å². The number of carboxylic acid groups (broad SMARTS) is 1. The van der Waals surface area contributed by atoms with Crippen LogP contribution in [0.1, 0.15) is 62.5 Å². The second-order valence-corrected chi connectivity index (χ2v) is 7.58. The zero-order chi connectivity index (χ0) is 20.3. The van der Waals surface area contributed by atoms with Gasteiger partial charge in [-0.1, -0.05) is 18.4 Å². The zero-order valence-electron chi connectivity index (χ0n) is 15.6. The van der Waals surface area contributed by atoms with E-state index >= 15 is 0 Å². The van der Waals surface area contributed by atoms with E-state index in [1.165, 1.54) is 18.4 Å². The molecule has 1 aromatic rings. The van der Waals surface area contributed by atoms with E-state index < -0.39 is 41.9 Å². The van der Waals surface area contributed by atoms with Crippen LogP contribution in [0.5, 0.6) is 5.75 Å². The van der Waals surface area contributed by atoms with Crippen molar-refractivity contribution < 1.29 is 32.2 Å². The summed E-state index contributed by atoms with van der Waals surface area (Å²) in [4.78, 5) is 10.7. The Morgan fingerprint density at radius 2 is 1.86 bits per heavy atom. The van der Waals surface area contributed by atoms with Crippen molar-refractivity contribution in [3.8, 4) is 5.75 Å². The molecule has 0 atom stereocenters. The third kappa shape index (κ3) is 4.86. The number of hydrogen-bond donors (Lipinski definition) is 1. The summed E-state index contributed by atoms with van der Waals surface area (Å²) in [5, 5.41) is 8.70. The molecule has 0 aliphatic heterocycles. The number of benzene rings is 1. The number of aliphatic carboxylic acids is 1. The summed E-state index contributed by atoms with van der Waals surface area (Å²) in [6.07, 6.45) is 1.77. The normalized spacial score (nSPS) is 18.1. The van der Waals surface area contributed by atoms with Gasteiger partial charge in [-0.15, -0.1) is 0 Å². The van der Waals surface area contributed by atoms with Crippen LogP contribution in [0.4, 0.5) is 17.6 Å². The molecule has 0 spiro atoms. The van der Waals surface area contributed by atoms with Crippen molar-refractivity contribution >= 4 is 5.97 Å². The predicted octanol–water partition coefficient (Wildman–Crippen LogP) is 5.91. The van der Waals surface area contributed by atoms with Crippen LogP contribution >= 0.6 is 0 Å². The SMILES string of the molecule is O=C(O)CCc1c(F)cc(OCC2=C(C3CCCC3)CCC2)cc1C(F)(F)F. The monoisotopic (exact) mass is 400 g/mol. The van der Waals surface area contributed by atoms with Crippen LogP contribution in [0.2, 0.25) is 0 Å². The first-order chi connectivity index (χ1) is 13.3. The second kappa shape index (κ2) is 8.53. The summed E-state index contributed by atoms with van der Waals surface area (Å²) in [5.74, 6) is -1.97. The minimum absolute atomic E-state index is 0.172. The highest BCUT2D eigenvalue weighted by Crippen LogP contribution is 2.41. The molecule has 1 fully saturated rings. The van der Waals surface area contributed by atoms with Crippen molar-refractivity contribution in [1.29, 1.82) is 0 Å². The Labute approximate surface area is 161 Å². The molecule has 0 radical (unpaired) electrons. The number of alkyl halides is 3. The predicted molar refractivity (Wildman–Crippen MR) is 95.7 cm³/mol. The quantitative estimate of drug-likeness (QED) is 0.457. The van der Waals surface area contributed by atoms with Crippen LogP contribution in [0, 0.1) is 11.7 Å². The van der Waals surface area contributed by atoms with Gasteiger partial charge in [-0.25, -0.2) is 4.39 Å². The van der Waals surface area contributed by atoms with Crippen LogP contribution < -0.4 is 4.74 Å². The molecule has 154 valence electrons. The first kappa shape index (κ1) is 20.7. The molecule has 0 bridgehead atoms. The van der Waals surface area contributed by atoms with Crippen LogP contribution in [-0.4, -0.2) is 17.7 Å². The summed E-state index contributed by atoms with van der Waals surface area (Å²) in [6.45, 7) is 0.178. The van der Waals surface area contributed by atoms with Crippen LogP contribution in [-0.2, 0) is 17.4 Å². The third-order valence-corrected chi connectivity index (χ3v) is 5.70. The van der Waals surface area contributed by atoms with Gasteiger partial charge >= 0.3 is 12.1 Å². The van der Waals surface area contributed by atoms with E-state index in [2.05, 4.69) is 0 Å². The molecular weight excluding hydrogens is 376 g/mol. The molecule has 3 rings (SSSR count). The lowest BCUT2D eigenvalue weighted by Gasteiger charge is -2.17. The Hall–Kier alpha value is -2.05. The minimum atomic E-state index is -4.78. The lowest BCUT2D eigenvalue weighted by atomic mass is 9.94. The Morgan fingerprint density at radius 3 is 2.50 bits per heavy atom. The molecule has 0 amide bonds. The summed E-state index contributed by atoms with van der Waals surface area (Å²) >= 11 is 0. The maximum Gasteiger partial charge on any atom is 0.416 e. The fourth-order valence-electron chi connectivity index (χ4n) is 4.37. The number of carboxylic acids is 1. The molecule has 2 aliphatic rings. The molecule has 1 aromatic carbocycles. The largest absolute Gasteiger partial charge is 0.489 e. The Morgan fingerprint density at radius 1 is 1.14 bits per heavy atom. The van der Waals surface area contributed by atoms with Gasteiger partial charge in [0.2, 0.25) is 0 Å². The lowest BCUT2D eigenvalue weighted by Crippen LogP contribution is -2.13. The smallest absolute Gasteiger partial charge is 0.416 e. The van der Waals surface area contributed by atoms with E-state index in [0.29, 0.717) is 5.92 Å². The van der Waals surface area contributed by atoms with E-state index in [4.69, 9.17) is 9.84 Å². The van der Waals surface area contributed by atoms with Crippen molar-refractivity contribution in [3.63, 3.8) is 0 Å². The zero-order valence-corrected chi connectivity index (χ0v) is 15.6. The lowest BCUT2D eigenvalue weighted by molar-refractivity contribution is -0.140. The maximum atomic E-state index is 14.3. The van der Waals surface area contributed by atoms with Gasteiger partial charge in [-0.05, 0) is 56.1 Å². The molecule has 1 saturated carbocycles. The van der Waals surface area contributed by atoms with Gasteiger partial charge in [0.25, 0.3) is 0 Å². The number of ether oxygens (including phenoxy) is 1. The summed E-state index contributed by atoms with van der Waals surface area (Å²) < 4.78 is 60.0. The van der Waals surface area contributed by atoms with E-state index in [1.807, 2.05) is 0 Å². The number of allylic oxidation sites excluding steroid dienone is 1. The van der Waals surface area contributed by atoms with Gasteiger partial charge in [0.05, 0.1) is 5.56 Å². The van der Waals surface area contributed by atoms with E-state index in [9.17, 15) is 22.4 Å². The summed E-state index contributed by atoms with van der Waals surface area (Å²) in [6, 6.07) is 1.71. The minimum Gasteiger partial charge on any atom is -0.489 e. The molecule has 3 nitrogen and oxygen atoms in total. The number of rotatable bonds is 7. The Bertz CT molecular complexity index is 762. The molecule has 0 aromatic heterocycles. The van der Waals surface area contributed by atoms with Crippen LogP contribution in [0.15, 0.2) is 23.3 Å². The first-order valence-corrected chi connectivity index (χ1v) is 9.70. The van der Waals surface area contributed by atoms with E-state index in [-0.39, 0.29) is 12.4 Å². The van der Waals surface area contributed by atoms with Crippen molar-refractivity contribution in [2.24, 2.45) is 5.92 Å². The van der Waals surface area contributed by atoms with Gasteiger partial charge < -0.3 is 9.84 Å². The molecule has 0 unspecified atom stereocenters. The Kier molecular flexibility index (Phi) is 6.30. The van der Waals surface area contributed by atoms with Gasteiger partial charge in [0.1, 0.15) is 18.2 Å². The molecular formula is C21H24F4O3. The molecule has 1 N–H and O–H groups in total. The maximum absolute atomic E-state index is 14.3. The van der Waals surface area contributed by atoms with E-state index in [0.717, 1.165) is 49.8 Å². The molecule has 0 saturated heterocycles. The van der Waals surface area contributed by atoms with Crippen molar-refractivity contribution in [3.05, 3.63) is 40.2 Å². The highest BCUT2D eigenvalue weighted by atomic mass is 19.4. The molecule has 28 heavy (non-hydrogen) atoms. The second-order valence-electron chi connectivity index (χ2n) is 7.58. The van der Waals surface area contributed by atoms with Crippen molar-refractivity contribution in [1.82, 2.24) is 0 Å².